The molecule has 8 nitrogen and oxygen atoms in total. The molecule has 0 spiro atoms. The average molecular weight is 353 g/mol. The second-order valence-electron chi connectivity index (χ2n) is 6.59. The van der Waals surface area contributed by atoms with Crippen molar-refractivity contribution in [2.45, 2.75) is 33.2 Å². The van der Waals surface area contributed by atoms with E-state index < -0.39 is 11.5 Å². The van der Waals surface area contributed by atoms with Gasteiger partial charge in [0.05, 0.1) is 34.3 Å². The summed E-state index contributed by atoms with van der Waals surface area (Å²) in [5.41, 5.74) is 2.66. The Bertz CT molecular complexity index is 1020. The first-order chi connectivity index (χ1) is 12.2. The standard InChI is InChI=1S/C18H19N5O3/c1-10-11(2)21-15-7-12(5-6-14(15)20-10)16(24)22-13-8-19-23(9-13)18(3,4)17(25)26/h5-9H,1-4H3,(H,22,24)(H,25,26). The lowest BCUT2D eigenvalue weighted by Crippen LogP contribution is -2.35. The first kappa shape index (κ1) is 17.5. The van der Waals surface area contributed by atoms with Gasteiger partial charge in [-0.2, -0.15) is 5.10 Å². The summed E-state index contributed by atoms with van der Waals surface area (Å²) in [5, 5.41) is 16.0. The molecule has 0 radical (unpaired) electrons. The van der Waals surface area contributed by atoms with Gasteiger partial charge in [0.25, 0.3) is 5.91 Å². The van der Waals surface area contributed by atoms with Crippen molar-refractivity contribution < 1.29 is 14.7 Å². The summed E-state index contributed by atoms with van der Waals surface area (Å²) in [5.74, 6) is -1.35. The van der Waals surface area contributed by atoms with E-state index >= 15 is 0 Å². The molecule has 0 bridgehead atoms. The van der Waals surface area contributed by atoms with Gasteiger partial charge in [0.2, 0.25) is 0 Å². The summed E-state index contributed by atoms with van der Waals surface area (Å²) in [6, 6.07) is 5.10. The van der Waals surface area contributed by atoms with E-state index in [-0.39, 0.29) is 5.91 Å². The van der Waals surface area contributed by atoms with Crippen molar-refractivity contribution in [3.05, 3.63) is 47.5 Å². The number of nitrogens with one attached hydrogen (secondary N) is 1. The Kier molecular flexibility index (Phi) is 4.19. The summed E-state index contributed by atoms with van der Waals surface area (Å²) in [7, 11) is 0. The molecular formula is C18H19N5O3. The largest absolute Gasteiger partial charge is 0.479 e. The van der Waals surface area contributed by atoms with Gasteiger partial charge < -0.3 is 10.4 Å². The third kappa shape index (κ3) is 3.13. The number of hydrogen-bond acceptors (Lipinski definition) is 5. The molecule has 0 saturated carbocycles. The highest BCUT2D eigenvalue weighted by Crippen LogP contribution is 2.19. The molecule has 2 aromatic heterocycles. The molecule has 0 atom stereocenters. The number of nitrogens with zero attached hydrogens (tertiary/aromatic N) is 4. The fourth-order valence-electron chi connectivity index (χ4n) is 2.37. The molecule has 0 aliphatic rings. The van der Waals surface area contributed by atoms with E-state index in [4.69, 9.17) is 0 Å². The van der Waals surface area contributed by atoms with E-state index in [0.29, 0.717) is 16.8 Å². The van der Waals surface area contributed by atoms with Gasteiger partial charge >= 0.3 is 5.97 Å². The maximum absolute atomic E-state index is 12.5. The van der Waals surface area contributed by atoms with Crippen LogP contribution >= 0.6 is 0 Å². The number of amides is 1. The van der Waals surface area contributed by atoms with E-state index in [0.717, 1.165) is 16.9 Å². The van der Waals surface area contributed by atoms with Crippen LogP contribution in [0, 0.1) is 13.8 Å². The monoisotopic (exact) mass is 353 g/mol. The van der Waals surface area contributed by atoms with Gasteiger partial charge in [-0.05, 0) is 45.9 Å². The van der Waals surface area contributed by atoms with Gasteiger partial charge in [-0.1, -0.05) is 0 Å². The second kappa shape index (κ2) is 6.21. The molecule has 0 fully saturated rings. The number of carbonyl (C=O) groups is 2. The van der Waals surface area contributed by atoms with Crippen LogP contribution in [0.15, 0.2) is 30.6 Å². The van der Waals surface area contributed by atoms with Gasteiger partial charge in [0.1, 0.15) is 0 Å². The molecule has 3 rings (SSSR count). The summed E-state index contributed by atoms with van der Waals surface area (Å²) < 4.78 is 1.29. The average Bonchev–Trinajstić information content (AvgIpc) is 3.04. The van der Waals surface area contributed by atoms with Gasteiger partial charge in [-0.15, -0.1) is 0 Å². The van der Waals surface area contributed by atoms with Crippen LogP contribution in [0.5, 0.6) is 0 Å². The molecular weight excluding hydrogens is 334 g/mol. The van der Waals surface area contributed by atoms with E-state index in [1.807, 2.05) is 13.8 Å². The Morgan fingerprint density at radius 2 is 1.77 bits per heavy atom. The number of benzene rings is 1. The lowest BCUT2D eigenvalue weighted by atomic mass is 10.1. The predicted molar refractivity (Wildman–Crippen MR) is 96.2 cm³/mol. The van der Waals surface area contributed by atoms with Crippen LogP contribution in [0.2, 0.25) is 0 Å². The Balaban J connectivity index is 1.84. The normalized spacial score (nSPS) is 11.5. The van der Waals surface area contributed by atoms with Crippen molar-refractivity contribution in [1.82, 2.24) is 19.7 Å². The smallest absolute Gasteiger partial charge is 0.331 e. The fourth-order valence-corrected chi connectivity index (χ4v) is 2.37. The Hall–Kier alpha value is -3.29. The summed E-state index contributed by atoms with van der Waals surface area (Å²) in [4.78, 5) is 32.7. The molecule has 2 heterocycles. The maximum atomic E-state index is 12.5. The van der Waals surface area contributed by atoms with E-state index in [1.54, 1.807) is 18.2 Å². The highest BCUT2D eigenvalue weighted by Gasteiger charge is 2.30. The van der Waals surface area contributed by atoms with Crippen molar-refractivity contribution in [2.75, 3.05) is 5.32 Å². The minimum atomic E-state index is -1.21. The quantitative estimate of drug-likeness (QED) is 0.746. The number of rotatable bonds is 4. The Morgan fingerprint density at radius 3 is 2.42 bits per heavy atom. The minimum Gasteiger partial charge on any atom is -0.479 e. The van der Waals surface area contributed by atoms with Gasteiger partial charge in [0, 0.05) is 11.8 Å². The molecule has 1 aromatic carbocycles. The first-order valence-corrected chi connectivity index (χ1v) is 8.03. The number of anilines is 1. The molecule has 26 heavy (non-hydrogen) atoms. The van der Waals surface area contributed by atoms with Crippen LogP contribution in [-0.4, -0.2) is 36.7 Å². The Labute approximate surface area is 149 Å². The van der Waals surface area contributed by atoms with Gasteiger partial charge in [-0.25, -0.2) is 14.8 Å². The fraction of sp³-hybridized carbons (Fsp3) is 0.278. The molecule has 134 valence electrons. The lowest BCUT2D eigenvalue weighted by molar-refractivity contribution is -0.146. The Morgan fingerprint density at radius 1 is 1.12 bits per heavy atom. The number of carboxylic acids is 1. The van der Waals surface area contributed by atoms with Gasteiger partial charge in [0.15, 0.2) is 5.54 Å². The topological polar surface area (TPSA) is 110 Å². The zero-order valence-corrected chi connectivity index (χ0v) is 14.9. The first-order valence-electron chi connectivity index (χ1n) is 8.03. The van der Waals surface area contributed by atoms with E-state index in [2.05, 4.69) is 20.4 Å². The molecule has 3 aromatic rings. The number of aromatic nitrogens is 4. The zero-order chi connectivity index (χ0) is 19.1. The summed E-state index contributed by atoms with van der Waals surface area (Å²) >= 11 is 0. The maximum Gasteiger partial charge on any atom is 0.331 e. The van der Waals surface area contributed by atoms with Gasteiger partial charge in [-0.3, -0.25) is 9.48 Å². The number of hydrogen-bond donors (Lipinski definition) is 2. The van der Waals surface area contributed by atoms with Crippen LogP contribution in [0.25, 0.3) is 11.0 Å². The molecule has 0 aliphatic heterocycles. The van der Waals surface area contributed by atoms with Crippen molar-refractivity contribution >= 4 is 28.6 Å². The zero-order valence-electron chi connectivity index (χ0n) is 14.9. The minimum absolute atomic E-state index is 0.334. The van der Waals surface area contributed by atoms with Crippen molar-refractivity contribution in [3.8, 4) is 0 Å². The third-order valence-electron chi connectivity index (χ3n) is 4.27. The van der Waals surface area contributed by atoms with Crippen molar-refractivity contribution in [2.24, 2.45) is 0 Å². The molecule has 0 saturated heterocycles. The molecule has 0 aliphatic carbocycles. The number of aliphatic carboxylic acids is 1. The lowest BCUT2D eigenvalue weighted by Gasteiger charge is -2.19. The van der Waals surface area contributed by atoms with Crippen molar-refractivity contribution in [1.29, 1.82) is 0 Å². The SMILES string of the molecule is Cc1nc2ccc(C(=O)Nc3cnn(C(C)(C)C(=O)O)c3)cc2nc1C. The highest BCUT2D eigenvalue weighted by atomic mass is 16.4. The van der Waals surface area contributed by atoms with Crippen LogP contribution < -0.4 is 5.32 Å². The molecule has 0 unspecified atom stereocenters. The second-order valence-corrected chi connectivity index (χ2v) is 6.59. The third-order valence-corrected chi connectivity index (χ3v) is 4.27. The highest BCUT2D eigenvalue weighted by molar-refractivity contribution is 6.05. The van der Waals surface area contributed by atoms with Crippen molar-refractivity contribution in [3.63, 3.8) is 0 Å². The summed E-state index contributed by atoms with van der Waals surface area (Å²) in [6.07, 6.45) is 2.90. The molecule has 2 N–H and O–H groups in total. The molecule has 1 amide bonds. The van der Waals surface area contributed by atoms with Crippen LogP contribution in [0.4, 0.5) is 5.69 Å². The number of carboxylic acid groups (broad SMARTS) is 1. The number of fused-ring (bicyclic) bond motifs is 1. The van der Waals surface area contributed by atoms with E-state index in [9.17, 15) is 14.7 Å². The predicted octanol–water partition coefficient (Wildman–Crippen LogP) is 2.52. The summed E-state index contributed by atoms with van der Waals surface area (Å²) in [6.45, 7) is 6.81. The number of aryl methyl sites for hydroxylation is 2. The molecule has 8 heteroatoms. The van der Waals surface area contributed by atoms with E-state index in [1.165, 1.54) is 30.9 Å². The number of carbonyl (C=O) groups excluding carboxylic acids is 1. The van der Waals surface area contributed by atoms with Crippen LogP contribution in [-0.2, 0) is 10.3 Å². The van der Waals surface area contributed by atoms with Crippen LogP contribution in [0.1, 0.15) is 35.6 Å². The van der Waals surface area contributed by atoms with Crippen LogP contribution in [0.3, 0.4) is 0 Å².